The van der Waals surface area contributed by atoms with Gasteiger partial charge in [0.2, 0.25) is 0 Å². The molecule has 1 aromatic heterocycles. The molecule has 2 N–H and O–H groups in total. The van der Waals surface area contributed by atoms with Crippen molar-refractivity contribution in [1.82, 2.24) is 15.1 Å². The molecule has 0 radical (unpaired) electrons. The quantitative estimate of drug-likeness (QED) is 0.791. The number of aromatic nitrogens is 2. The maximum absolute atomic E-state index is 11.3. The molecule has 0 amide bonds. The van der Waals surface area contributed by atoms with Gasteiger partial charge in [-0.15, -0.1) is 0 Å². The molecule has 1 heterocycles. The van der Waals surface area contributed by atoms with Crippen molar-refractivity contribution in [2.45, 2.75) is 37.9 Å². The second-order valence-corrected chi connectivity index (χ2v) is 5.66. The van der Waals surface area contributed by atoms with Gasteiger partial charge in [-0.3, -0.25) is 14.8 Å². The second kappa shape index (κ2) is 4.33. The molecule has 6 heteroatoms. The fourth-order valence-corrected chi connectivity index (χ4v) is 2.05. The Morgan fingerprint density at radius 2 is 2.50 bits per heavy atom. The minimum absolute atomic E-state index is 0.349. The van der Waals surface area contributed by atoms with Crippen LogP contribution in [0.1, 0.15) is 19.8 Å². The Labute approximate surface area is 107 Å². The standard InChI is InChI=1S/C10H14IN3O2/c1-10(9(15)16,13-8-2-3-8)6-14-5-7(11)4-12-14/h4-5,8,13H,2-3,6H2,1H3,(H,15,16). The molecular weight excluding hydrogens is 321 g/mol. The summed E-state index contributed by atoms with van der Waals surface area (Å²) in [5, 5.41) is 16.6. The van der Waals surface area contributed by atoms with Crippen LogP contribution < -0.4 is 5.32 Å². The normalized spacial score (nSPS) is 19.4. The average Bonchev–Trinajstić information content (AvgIpc) is 2.89. The lowest BCUT2D eigenvalue weighted by atomic mass is 10.0. The number of carboxylic acids is 1. The van der Waals surface area contributed by atoms with Crippen LogP contribution in [0, 0.1) is 3.57 Å². The van der Waals surface area contributed by atoms with Crippen molar-refractivity contribution in [3.05, 3.63) is 16.0 Å². The van der Waals surface area contributed by atoms with E-state index in [1.807, 2.05) is 6.20 Å². The number of nitrogens with zero attached hydrogens (tertiary/aromatic N) is 2. The van der Waals surface area contributed by atoms with Crippen LogP contribution in [0.15, 0.2) is 12.4 Å². The van der Waals surface area contributed by atoms with Gasteiger partial charge >= 0.3 is 5.97 Å². The zero-order valence-electron chi connectivity index (χ0n) is 8.98. The molecule has 1 aliphatic rings. The average molecular weight is 335 g/mol. The first-order chi connectivity index (χ1) is 7.49. The van der Waals surface area contributed by atoms with E-state index in [0.29, 0.717) is 12.6 Å². The third-order valence-electron chi connectivity index (χ3n) is 2.65. The molecule has 0 aliphatic heterocycles. The smallest absolute Gasteiger partial charge is 0.325 e. The van der Waals surface area contributed by atoms with Gasteiger partial charge in [0, 0.05) is 12.2 Å². The van der Waals surface area contributed by atoms with Crippen molar-refractivity contribution in [2.24, 2.45) is 0 Å². The van der Waals surface area contributed by atoms with E-state index >= 15 is 0 Å². The lowest BCUT2D eigenvalue weighted by molar-refractivity contribution is -0.145. The highest BCUT2D eigenvalue weighted by atomic mass is 127. The highest BCUT2D eigenvalue weighted by Crippen LogP contribution is 2.23. The monoisotopic (exact) mass is 335 g/mol. The Bertz CT molecular complexity index is 403. The molecule has 16 heavy (non-hydrogen) atoms. The number of rotatable bonds is 5. The summed E-state index contributed by atoms with van der Waals surface area (Å²) < 4.78 is 2.68. The van der Waals surface area contributed by atoms with Gasteiger partial charge in [-0.25, -0.2) is 0 Å². The van der Waals surface area contributed by atoms with Crippen LogP contribution in [-0.2, 0) is 11.3 Å². The van der Waals surface area contributed by atoms with E-state index in [0.717, 1.165) is 16.4 Å². The van der Waals surface area contributed by atoms with E-state index in [1.54, 1.807) is 17.8 Å². The molecule has 1 atom stereocenters. The Morgan fingerprint density at radius 1 is 1.81 bits per heavy atom. The molecule has 5 nitrogen and oxygen atoms in total. The molecule has 88 valence electrons. The number of carboxylic acid groups (broad SMARTS) is 1. The summed E-state index contributed by atoms with van der Waals surface area (Å²) in [5.41, 5.74) is -0.934. The lowest BCUT2D eigenvalue weighted by Gasteiger charge is -2.26. The molecule has 0 bridgehead atoms. The molecule has 1 fully saturated rings. The first kappa shape index (κ1) is 11.8. The highest BCUT2D eigenvalue weighted by molar-refractivity contribution is 14.1. The Morgan fingerprint density at radius 3 is 2.94 bits per heavy atom. The van der Waals surface area contributed by atoms with Crippen molar-refractivity contribution in [2.75, 3.05) is 0 Å². The van der Waals surface area contributed by atoms with Crippen LogP contribution in [0.5, 0.6) is 0 Å². The maximum atomic E-state index is 11.3. The molecular formula is C10H14IN3O2. The summed E-state index contributed by atoms with van der Waals surface area (Å²) in [6.45, 7) is 2.06. The first-order valence-electron chi connectivity index (χ1n) is 5.19. The van der Waals surface area contributed by atoms with E-state index in [9.17, 15) is 9.90 Å². The van der Waals surface area contributed by atoms with Crippen molar-refractivity contribution in [3.63, 3.8) is 0 Å². The second-order valence-electron chi connectivity index (χ2n) is 4.41. The first-order valence-corrected chi connectivity index (χ1v) is 6.26. The number of carbonyl (C=O) groups is 1. The third kappa shape index (κ3) is 2.73. The van der Waals surface area contributed by atoms with Crippen LogP contribution in [0.3, 0.4) is 0 Å². The summed E-state index contributed by atoms with van der Waals surface area (Å²) in [4.78, 5) is 11.3. The Balaban J connectivity index is 2.09. The van der Waals surface area contributed by atoms with Crippen LogP contribution in [-0.4, -0.2) is 32.4 Å². The molecule has 1 aliphatic carbocycles. The third-order valence-corrected chi connectivity index (χ3v) is 3.21. The van der Waals surface area contributed by atoms with Gasteiger partial charge in [-0.1, -0.05) is 0 Å². The molecule has 1 aromatic rings. The predicted molar refractivity (Wildman–Crippen MR) is 67.1 cm³/mol. The highest BCUT2D eigenvalue weighted by Gasteiger charge is 2.39. The SMILES string of the molecule is CC(Cn1cc(I)cn1)(NC1CC1)C(=O)O. The summed E-state index contributed by atoms with van der Waals surface area (Å²) in [5.74, 6) is -0.829. The molecule has 2 rings (SSSR count). The molecule has 0 saturated heterocycles. The maximum Gasteiger partial charge on any atom is 0.325 e. The number of nitrogens with one attached hydrogen (secondary N) is 1. The van der Waals surface area contributed by atoms with Crippen molar-refractivity contribution in [1.29, 1.82) is 0 Å². The molecule has 1 unspecified atom stereocenters. The lowest BCUT2D eigenvalue weighted by Crippen LogP contribution is -2.53. The number of halogens is 1. The van der Waals surface area contributed by atoms with Crippen LogP contribution in [0.25, 0.3) is 0 Å². The summed E-state index contributed by atoms with van der Waals surface area (Å²) >= 11 is 2.16. The van der Waals surface area contributed by atoms with Gasteiger partial charge in [-0.2, -0.15) is 5.10 Å². The topological polar surface area (TPSA) is 67.2 Å². The largest absolute Gasteiger partial charge is 0.480 e. The van der Waals surface area contributed by atoms with Crippen molar-refractivity contribution >= 4 is 28.6 Å². The fourth-order valence-electron chi connectivity index (χ4n) is 1.60. The van der Waals surface area contributed by atoms with Gasteiger partial charge in [0.15, 0.2) is 0 Å². The zero-order valence-corrected chi connectivity index (χ0v) is 11.1. The number of hydrogen-bond donors (Lipinski definition) is 2. The molecule has 0 aromatic carbocycles. The fraction of sp³-hybridized carbons (Fsp3) is 0.600. The van der Waals surface area contributed by atoms with Gasteiger partial charge < -0.3 is 5.11 Å². The van der Waals surface area contributed by atoms with Crippen LogP contribution in [0.4, 0.5) is 0 Å². The molecule has 1 saturated carbocycles. The van der Waals surface area contributed by atoms with E-state index in [4.69, 9.17) is 0 Å². The van der Waals surface area contributed by atoms with Crippen molar-refractivity contribution in [3.8, 4) is 0 Å². The van der Waals surface area contributed by atoms with E-state index < -0.39 is 11.5 Å². The van der Waals surface area contributed by atoms with Gasteiger partial charge in [0.25, 0.3) is 0 Å². The number of aliphatic carboxylic acids is 1. The zero-order chi connectivity index (χ0) is 11.8. The number of hydrogen-bond acceptors (Lipinski definition) is 3. The minimum Gasteiger partial charge on any atom is -0.480 e. The van der Waals surface area contributed by atoms with Gasteiger partial charge in [0.1, 0.15) is 5.54 Å². The van der Waals surface area contributed by atoms with Gasteiger partial charge in [-0.05, 0) is 42.4 Å². The molecule has 0 spiro atoms. The van der Waals surface area contributed by atoms with Crippen LogP contribution in [0.2, 0.25) is 0 Å². The van der Waals surface area contributed by atoms with E-state index in [1.165, 1.54) is 0 Å². The van der Waals surface area contributed by atoms with Crippen LogP contribution >= 0.6 is 22.6 Å². The predicted octanol–water partition coefficient (Wildman–Crippen LogP) is 1.08. The Kier molecular flexibility index (Phi) is 3.20. The summed E-state index contributed by atoms with van der Waals surface area (Å²) in [6.07, 6.45) is 5.70. The van der Waals surface area contributed by atoms with Crippen molar-refractivity contribution < 1.29 is 9.90 Å². The summed E-state index contributed by atoms with van der Waals surface area (Å²) in [6, 6.07) is 0.357. The van der Waals surface area contributed by atoms with Gasteiger partial charge in [0.05, 0.1) is 16.3 Å². The van der Waals surface area contributed by atoms with E-state index in [-0.39, 0.29) is 0 Å². The summed E-state index contributed by atoms with van der Waals surface area (Å²) in [7, 11) is 0. The van der Waals surface area contributed by atoms with E-state index in [2.05, 4.69) is 33.0 Å². The Hall–Kier alpha value is -0.630. The minimum atomic E-state index is -0.934.